The molecule has 0 aromatic carbocycles. The lowest BCUT2D eigenvalue weighted by Gasteiger charge is -2.37. The summed E-state index contributed by atoms with van der Waals surface area (Å²) in [6.45, 7) is 7.62. The quantitative estimate of drug-likeness (QED) is 0.723. The maximum atomic E-state index is 5.45. The van der Waals surface area contributed by atoms with E-state index in [0.717, 1.165) is 25.7 Å². The van der Waals surface area contributed by atoms with Gasteiger partial charge in [-0.2, -0.15) is 0 Å². The fourth-order valence-electron chi connectivity index (χ4n) is 2.89. The van der Waals surface area contributed by atoms with Gasteiger partial charge in [0.05, 0.1) is 0 Å². The lowest BCUT2D eigenvalue weighted by atomic mass is 9.78. The van der Waals surface area contributed by atoms with Gasteiger partial charge in [-0.25, -0.2) is 0 Å². The van der Waals surface area contributed by atoms with Gasteiger partial charge in [0, 0.05) is 19.3 Å². The highest BCUT2D eigenvalue weighted by atomic mass is 16.5. The van der Waals surface area contributed by atoms with Gasteiger partial charge in [-0.3, -0.25) is 0 Å². The van der Waals surface area contributed by atoms with E-state index >= 15 is 0 Å². The average Bonchev–Trinajstić information content (AvgIpc) is 2.30. The van der Waals surface area contributed by atoms with Crippen LogP contribution in [0.3, 0.4) is 0 Å². The first kappa shape index (κ1) is 13.9. The molecule has 96 valence electrons. The Morgan fingerprint density at radius 2 is 1.81 bits per heavy atom. The predicted molar refractivity (Wildman–Crippen MR) is 68.6 cm³/mol. The molecule has 1 rings (SSSR count). The highest BCUT2D eigenvalue weighted by Crippen LogP contribution is 2.27. The summed E-state index contributed by atoms with van der Waals surface area (Å²) in [5.74, 6) is 2.20. The van der Waals surface area contributed by atoms with Crippen molar-refractivity contribution in [2.24, 2.45) is 17.8 Å². The first-order valence-corrected chi connectivity index (χ1v) is 6.60. The second-order valence-electron chi connectivity index (χ2n) is 5.23. The summed E-state index contributed by atoms with van der Waals surface area (Å²) in [7, 11) is 4.15. The molecule has 1 heterocycles. The van der Waals surface area contributed by atoms with Gasteiger partial charge in [0.2, 0.25) is 0 Å². The van der Waals surface area contributed by atoms with Crippen molar-refractivity contribution in [1.29, 1.82) is 0 Å². The zero-order valence-electron chi connectivity index (χ0n) is 11.3. The fraction of sp³-hybridized carbons (Fsp3) is 1.00. The van der Waals surface area contributed by atoms with Crippen LogP contribution in [0, 0.1) is 17.8 Å². The second kappa shape index (κ2) is 7.25. The Bertz CT molecular complexity index is 179. The summed E-state index contributed by atoms with van der Waals surface area (Å²) in [5.41, 5.74) is 0. The first-order chi connectivity index (χ1) is 7.70. The molecule has 2 atom stereocenters. The molecule has 0 saturated carbocycles. The molecular weight excluding hydrogens is 200 g/mol. The number of ether oxygens (including phenoxy) is 1. The topological polar surface area (TPSA) is 33.3 Å². The molecule has 3 heteroatoms. The lowest BCUT2D eigenvalue weighted by molar-refractivity contribution is 0.0413. The number of rotatable bonds is 6. The van der Waals surface area contributed by atoms with E-state index < -0.39 is 0 Å². The van der Waals surface area contributed by atoms with Crippen LogP contribution in [0.15, 0.2) is 0 Å². The van der Waals surface area contributed by atoms with Crippen molar-refractivity contribution < 1.29 is 4.74 Å². The van der Waals surface area contributed by atoms with Crippen molar-refractivity contribution in [3.8, 4) is 0 Å². The van der Waals surface area contributed by atoms with E-state index in [2.05, 4.69) is 31.5 Å². The molecule has 2 unspecified atom stereocenters. The van der Waals surface area contributed by atoms with E-state index in [1.54, 1.807) is 0 Å². The van der Waals surface area contributed by atoms with Gasteiger partial charge in [-0.05, 0) is 51.2 Å². The Labute approximate surface area is 100 Å². The smallest absolute Gasteiger partial charge is 0.0469 e. The van der Waals surface area contributed by atoms with E-state index in [1.807, 2.05) is 7.05 Å². The highest BCUT2D eigenvalue weighted by molar-refractivity contribution is 4.86. The van der Waals surface area contributed by atoms with Crippen LogP contribution in [0.5, 0.6) is 0 Å². The summed E-state index contributed by atoms with van der Waals surface area (Å²) in [6, 6.07) is 0.622. The van der Waals surface area contributed by atoms with E-state index in [9.17, 15) is 0 Å². The number of hydrogen-bond acceptors (Lipinski definition) is 3. The van der Waals surface area contributed by atoms with Crippen LogP contribution in [0.1, 0.15) is 26.7 Å². The highest BCUT2D eigenvalue weighted by Gasteiger charge is 2.30. The van der Waals surface area contributed by atoms with Crippen LogP contribution < -0.4 is 10.6 Å². The van der Waals surface area contributed by atoms with Gasteiger partial charge in [-0.15, -0.1) is 0 Å². The zero-order chi connectivity index (χ0) is 12.0. The maximum Gasteiger partial charge on any atom is 0.0469 e. The Morgan fingerprint density at radius 1 is 1.19 bits per heavy atom. The molecule has 1 saturated heterocycles. The van der Waals surface area contributed by atoms with Gasteiger partial charge < -0.3 is 15.4 Å². The largest absolute Gasteiger partial charge is 0.381 e. The first-order valence-electron chi connectivity index (χ1n) is 6.60. The molecule has 0 aromatic rings. The number of hydrogen-bond donors (Lipinski definition) is 2. The molecule has 0 amide bonds. The third-order valence-electron chi connectivity index (χ3n) is 3.86. The molecule has 1 aliphatic heterocycles. The maximum absolute atomic E-state index is 5.45. The molecule has 3 nitrogen and oxygen atoms in total. The summed E-state index contributed by atoms with van der Waals surface area (Å²) in [4.78, 5) is 0. The van der Waals surface area contributed by atoms with Crippen LogP contribution in [0.25, 0.3) is 0 Å². The molecular formula is C13H28N2O. The lowest BCUT2D eigenvalue weighted by Crippen LogP contribution is -2.47. The summed E-state index contributed by atoms with van der Waals surface area (Å²) in [6.07, 6.45) is 2.41. The zero-order valence-corrected chi connectivity index (χ0v) is 11.3. The van der Waals surface area contributed by atoms with Crippen molar-refractivity contribution in [2.75, 3.05) is 33.9 Å². The predicted octanol–water partition coefficient (Wildman–Crippen LogP) is 1.49. The van der Waals surface area contributed by atoms with Gasteiger partial charge in [0.15, 0.2) is 0 Å². The molecule has 16 heavy (non-hydrogen) atoms. The van der Waals surface area contributed by atoms with Crippen LogP contribution in [0.2, 0.25) is 0 Å². The minimum absolute atomic E-state index is 0.622. The van der Waals surface area contributed by atoms with Crippen LogP contribution in [-0.2, 0) is 4.74 Å². The van der Waals surface area contributed by atoms with Gasteiger partial charge in [-0.1, -0.05) is 13.8 Å². The monoisotopic (exact) mass is 228 g/mol. The van der Waals surface area contributed by atoms with Crippen LogP contribution in [0.4, 0.5) is 0 Å². The third kappa shape index (κ3) is 3.72. The molecule has 0 aromatic heterocycles. The van der Waals surface area contributed by atoms with E-state index in [1.165, 1.54) is 12.8 Å². The molecule has 0 spiro atoms. The molecule has 2 N–H and O–H groups in total. The van der Waals surface area contributed by atoms with E-state index in [4.69, 9.17) is 4.74 Å². The molecule has 1 aliphatic rings. The Morgan fingerprint density at radius 3 is 2.25 bits per heavy atom. The summed E-state index contributed by atoms with van der Waals surface area (Å²) >= 11 is 0. The van der Waals surface area contributed by atoms with Gasteiger partial charge >= 0.3 is 0 Å². The van der Waals surface area contributed by atoms with Crippen molar-refractivity contribution in [3.63, 3.8) is 0 Å². The van der Waals surface area contributed by atoms with Gasteiger partial charge in [0.1, 0.15) is 0 Å². The van der Waals surface area contributed by atoms with Crippen LogP contribution in [-0.4, -0.2) is 39.9 Å². The van der Waals surface area contributed by atoms with Gasteiger partial charge in [0.25, 0.3) is 0 Å². The Hall–Kier alpha value is -0.120. The normalized spacial score (nSPS) is 22.3. The summed E-state index contributed by atoms with van der Waals surface area (Å²) < 4.78 is 5.45. The third-order valence-corrected chi connectivity index (χ3v) is 3.86. The standard InChI is InChI=1S/C13H28N2O/c1-10(2)12(9-14-3)13(15-4)11-5-7-16-8-6-11/h10-15H,5-9H2,1-4H3. The minimum Gasteiger partial charge on any atom is -0.381 e. The Balaban J connectivity index is 2.60. The fourth-order valence-corrected chi connectivity index (χ4v) is 2.89. The van der Waals surface area contributed by atoms with Crippen molar-refractivity contribution in [3.05, 3.63) is 0 Å². The van der Waals surface area contributed by atoms with Crippen molar-refractivity contribution in [2.45, 2.75) is 32.7 Å². The summed E-state index contributed by atoms with van der Waals surface area (Å²) in [5, 5.41) is 6.87. The number of nitrogens with one attached hydrogen (secondary N) is 2. The minimum atomic E-state index is 0.622. The van der Waals surface area contributed by atoms with E-state index in [0.29, 0.717) is 17.9 Å². The van der Waals surface area contributed by atoms with E-state index in [-0.39, 0.29) is 0 Å². The SMILES string of the molecule is CNCC(C(C)C)C(NC)C1CCOCC1. The molecule has 0 radical (unpaired) electrons. The van der Waals surface area contributed by atoms with Crippen LogP contribution >= 0.6 is 0 Å². The average molecular weight is 228 g/mol. The molecule has 0 bridgehead atoms. The Kier molecular flexibility index (Phi) is 6.32. The van der Waals surface area contributed by atoms with Crippen molar-refractivity contribution in [1.82, 2.24) is 10.6 Å². The molecule has 0 aliphatic carbocycles. The molecule has 1 fully saturated rings. The second-order valence-corrected chi connectivity index (χ2v) is 5.23. The van der Waals surface area contributed by atoms with Crippen molar-refractivity contribution >= 4 is 0 Å².